The lowest BCUT2D eigenvalue weighted by atomic mass is 9.72. The zero-order chi connectivity index (χ0) is 21.7. The molecule has 1 aromatic carbocycles. The zero-order valence-corrected chi connectivity index (χ0v) is 17.1. The van der Waals surface area contributed by atoms with Crippen LogP contribution >= 0.6 is 0 Å². The molecule has 3 heterocycles. The molecule has 0 spiro atoms. The van der Waals surface area contributed by atoms with Crippen molar-refractivity contribution in [1.29, 1.82) is 5.26 Å². The third kappa shape index (κ3) is 2.95. The van der Waals surface area contributed by atoms with Gasteiger partial charge in [-0.3, -0.25) is 14.4 Å². The van der Waals surface area contributed by atoms with Gasteiger partial charge in [0.2, 0.25) is 17.6 Å². The van der Waals surface area contributed by atoms with E-state index in [1.165, 1.54) is 12.6 Å². The first-order valence-corrected chi connectivity index (χ1v) is 10.2. The van der Waals surface area contributed by atoms with Gasteiger partial charge in [-0.1, -0.05) is 18.6 Å². The van der Waals surface area contributed by atoms with Crippen LogP contribution in [0.4, 0.5) is 0 Å². The molecule has 2 atom stereocenters. The van der Waals surface area contributed by atoms with Gasteiger partial charge in [0.05, 0.1) is 12.0 Å². The number of benzene rings is 1. The average Bonchev–Trinajstić information content (AvgIpc) is 3.32. The van der Waals surface area contributed by atoms with Crippen LogP contribution in [-0.2, 0) is 4.74 Å². The van der Waals surface area contributed by atoms with Gasteiger partial charge >= 0.3 is 0 Å². The van der Waals surface area contributed by atoms with Gasteiger partial charge in [0.15, 0.2) is 0 Å². The third-order valence-electron chi connectivity index (χ3n) is 6.40. The lowest BCUT2D eigenvalue weighted by Gasteiger charge is -2.35. The minimum absolute atomic E-state index is 0.102. The predicted octanol–water partition coefficient (Wildman–Crippen LogP) is 1.61. The minimum atomic E-state index is -0.598. The molecule has 3 aliphatic rings. The van der Waals surface area contributed by atoms with E-state index < -0.39 is 5.91 Å². The molecule has 9 heteroatoms. The number of carbonyl (C=O) groups is 1. The summed E-state index contributed by atoms with van der Waals surface area (Å²) in [6.45, 7) is 0. The number of aromatic nitrogens is 2. The lowest BCUT2D eigenvalue weighted by Crippen LogP contribution is -2.42. The number of allylic oxidation sites excluding steroid dienone is 1. The molecular weight excluding hydrogens is 394 g/mol. The maximum Gasteiger partial charge on any atom is 0.285 e. The first-order valence-electron chi connectivity index (χ1n) is 10.2. The number of imidazole rings is 1. The maximum absolute atomic E-state index is 11.6. The molecule has 9 nitrogen and oxygen atoms in total. The largest absolute Gasteiger partial charge is 0.423 e. The molecule has 0 saturated heterocycles. The molecule has 1 saturated carbocycles. The quantitative estimate of drug-likeness (QED) is 0.688. The van der Waals surface area contributed by atoms with Gasteiger partial charge in [-0.15, -0.1) is 0 Å². The second-order valence-electron chi connectivity index (χ2n) is 8.12. The Hall–Kier alpha value is -3.77. The van der Waals surface area contributed by atoms with E-state index in [1.807, 2.05) is 36.3 Å². The first kappa shape index (κ1) is 19.2. The van der Waals surface area contributed by atoms with Crippen molar-refractivity contribution < 1.29 is 9.53 Å². The number of rotatable bonds is 4. The Morgan fingerprint density at radius 2 is 2.06 bits per heavy atom. The molecule has 5 N–H and O–H groups in total. The van der Waals surface area contributed by atoms with Crippen LogP contribution in [0.25, 0.3) is 5.69 Å². The molecule has 1 amide bonds. The Bertz CT molecular complexity index is 1150. The van der Waals surface area contributed by atoms with Crippen molar-refractivity contribution in [2.75, 3.05) is 7.05 Å². The van der Waals surface area contributed by atoms with Gasteiger partial charge in [0.1, 0.15) is 11.6 Å². The van der Waals surface area contributed by atoms with Crippen LogP contribution in [0.3, 0.4) is 0 Å². The summed E-state index contributed by atoms with van der Waals surface area (Å²) < 4.78 is 7.50. The molecule has 158 valence electrons. The highest BCUT2D eigenvalue weighted by molar-refractivity contribution is 5.89. The van der Waals surface area contributed by atoms with Crippen LogP contribution in [0, 0.1) is 17.2 Å². The summed E-state index contributed by atoms with van der Waals surface area (Å²) >= 11 is 0. The van der Waals surface area contributed by atoms with Crippen molar-refractivity contribution >= 4 is 5.91 Å². The van der Waals surface area contributed by atoms with E-state index in [4.69, 9.17) is 16.2 Å². The maximum atomic E-state index is 11.6. The lowest BCUT2D eigenvalue weighted by molar-refractivity contribution is 0.0989. The molecule has 1 aliphatic carbocycles. The monoisotopic (exact) mass is 417 g/mol. The number of carbonyl (C=O) groups excluding carboxylic acids is 1. The number of nitrogens with zero attached hydrogens (tertiary/aromatic N) is 4. The summed E-state index contributed by atoms with van der Waals surface area (Å²) in [5.41, 5.74) is 18.2. The second-order valence-corrected chi connectivity index (χ2v) is 8.12. The number of hydrogen-bond acceptors (Lipinski definition) is 7. The average molecular weight is 417 g/mol. The van der Waals surface area contributed by atoms with Gasteiger partial charge in [-0.2, -0.15) is 5.26 Å². The molecular formula is C22H23N7O2. The van der Waals surface area contributed by atoms with Crippen molar-refractivity contribution in [2.24, 2.45) is 17.4 Å². The van der Waals surface area contributed by atoms with Gasteiger partial charge in [-0.25, -0.2) is 10.4 Å². The fourth-order valence-electron chi connectivity index (χ4n) is 4.67. The Labute approximate surface area is 179 Å². The summed E-state index contributed by atoms with van der Waals surface area (Å²) in [5.74, 6) is 0.571. The summed E-state index contributed by atoms with van der Waals surface area (Å²) in [6.07, 6.45) is 6.72. The first-order chi connectivity index (χ1) is 15.0. The summed E-state index contributed by atoms with van der Waals surface area (Å²) in [5, 5.41) is 11.8. The van der Waals surface area contributed by atoms with Crippen molar-refractivity contribution in [3.63, 3.8) is 0 Å². The molecule has 1 fully saturated rings. The second kappa shape index (κ2) is 7.18. The predicted molar refractivity (Wildman–Crippen MR) is 112 cm³/mol. The number of hydrazine groups is 1. The minimum Gasteiger partial charge on any atom is -0.423 e. The molecule has 1 aromatic heterocycles. The van der Waals surface area contributed by atoms with Crippen LogP contribution < -0.4 is 16.9 Å². The number of nitrogens with two attached hydrogens (primary N) is 2. The van der Waals surface area contributed by atoms with Crippen LogP contribution in [0.15, 0.2) is 59.6 Å². The van der Waals surface area contributed by atoms with Gasteiger partial charge in [0.25, 0.3) is 5.91 Å². The van der Waals surface area contributed by atoms with Crippen LogP contribution in [0.1, 0.15) is 41.4 Å². The Morgan fingerprint density at radius 1 is 1.32 bits per heavy atom. The van der Waals surface area contributed by atoms with E-state index in [0.29, 0.717) is 17.4 Å². The van der Waals surface area contributed by atoms with Crippen molar-refractivity contribution in [2.45, 2.75) is 31.2 Å². The summed E-state index contributed by atoms with van der Waals surface area (Å²) in [4.78, 5) is 15.6. The highest BCUT2D eigenvalue weighted by atomic mass is 16.5. The molecule has 0 radical (unpaired) electrons. The number of ether oxygens (including phenoxy) is 1. The van der Waals surface area contributed by atoms with Crippen LogP contribution in [0.5, 0.6) is 0 Å². The van der Waals surface area contributed by atoms with Crippen molar-refractivity contribution in [3.8, 4) is 11.8 Å². The standard InChI is InChI=1S/C22H23N7O2/c1-28-22-17(18(27-28)13-3-2-4-13)16(15(11-23)20(25)31-22)12-5-7-14(8-6-12)29-10-9-26-21(29)19(24)30/h5-10,13,16,18,27H,2-4,25H2,1H3,(H2,24,30). The molecule has 0 bridgehead atoms. The Balaban J connectivity index is 1.57. The highest BCUT2D eigenvalue weighted by Gasteiger charge is 2.46. The van der Waals surface area contributed by atoms with Gasteiger partial charge in [0, 0.05) is 30.7 Å². The van der Waals surface area contributed by atoms with E-state index >= 15 is 0 Å². The van der Waals surface area contributed by atoms with E-state index in [-0.39, 0.29) is 23.7 Å². The third-order valence-corrected chi connectivity index (χ3v) is 6.40. The number of amides is 1. The Morgan fingerprint density at radius 3 is 2.68 bits per heavy atom. The molecule has 31 heavy (non-hydrogen) atoms. The number of nitriles is 1. The van der Waals surface area contributed by atoms with Crippen molar-refractivity contribution in [3.05, 3.63) is 71.0 Å². The molecule has 5 rings (SSSR count). The van der Waals surface area contributed by atoms with Crippen LogP contribution in [-0.4, -0.2) is 33.6 Å². The molecule has 2 aromatic rings. The van der Waals surface area contributed by atoms with Crippen molar-refractivity contribution in [1.82, 2.24) is 20.0 Å². The topological polar surface area (TPSA) is 135 Å². The number of primary amides is 1. The van der Waals surface area contributed by atoms with E-state index in [0.717, 1.165) is 29.7 Å². The zero-order valence-electron chi connectivity index (χ0n) is 17.1. The summed E-state index contributed by atoms with van der Waals surface area (Å²) in [6, 6.07) is 10.0. The normalized spacial score (nSPS) is 23.3. The molecule has 2 aliphatic heterocycles. The van der Waals surface area contributed by atoms with Gasteiger partial charge < -0.3 is 16.2 Å². The fourth-order valence-corrected chi connectivity index (χ4v) is 4.67. The van der Waals surface area contributed by atoms with Gasteiger partial charge in [-0.05, 0) is 36.5 Å². The highest BCUT2D eigenvalue weighted by Crippen LogP contribution is 2.47. The van der Waals surface area contributed by atoms with E-state index in [1.54, 1.807) is 10.8 Å². The smallest absolute Gasteiger partial charge is 0.285 e. The number of nitrogens with one attached hydrogen (secondary N) is 1. The summed E-state index contributed by atoms with van der Waals surface area (Å²) in [7, 11) is 1.91. The molecule has 2 unspecified atom stereocenters. The fraction of sp³-hybridized carbons (Fsp3) is 0.318. The SMILES string of the molecule is CN1NC(C2CCC2)C2=C1OC(N)=C(C#N)C2c1ccc(-n2ccnc2C(N)=O)cc1. The van der Waals surface area contributed by atoms with E-state index in [9.17, 15) is 10.1 Å². The van der Waals surface area contributed by atoms with Crippen LogP contribution in [0.2, 0.25) is 0 Å². The Kier molecular flexibility index (Phi) is 4.45. The van der Waals surface area contributed by atoms with E-state index in [2.05, 4.69) is 16.5 Å². The number of hydrogen-bond donors (Lipinski definition) is 3.